The van der Waals surface area contributed by atoms with Crippen LogP contribution >= 0.6 is 0 Å². The Bertz CT molecular complexity index is 422. The lowest BCUT2D eigenvalue weighted by atomic mass is 10.1. The molecule has 1 aromatic rings. The van der Waals surface area contributed by atoms with Crippen LogP contribution in [-0.4, -0.2) is 58.9 Å². The van der Waals surface area contributed by atoms with Gasteiger partial charge in [0.05, 0.1) is 6.61 Å². The first-order valence-corrected chi connectivity index (χ1v) is 7.42. The van der Waals surface area contributed by atoms with Crippen LogP contribution in [0.5, 0.6) is 0 Å². The highest BCUT2D eigenvalue weighted by molar-refractivity contribution is 5.58. The zero-order valence-corrected chi connectivity index (χ0v) is 13.0. The number of nitrogens with zero attached hydrogens (tertiary/aromatic N) is 2. The van der Waals surface area contributed by atoms with Crippen molar-refractivity contribution in [2.75, 3.05) is 58.9 Å². The molecule has 20 heavy (non-hydrogen) atoms. The number of fused-ring (bicyclic) bond motifs is 1. The van der Waals surface area contributed by atoms with Gasteiger partial charge < -0.3 is 19.9 Å². The summed E-state index contributed by atoms with van der Waals surface area (Å²) in [7, 11) is 6.04. The average molecular weight is 277 g/mol. The maximum atomic E-state index is 5.07. The lowest BCUT2D eigenvalue weighted by Crippen LogP contribution is -2.31. The summed E-state index contributed by atoms with van der Waals surface area (Å²) < 4.78 is 5.07. The van der Waals surface area contributed by atoms with Gasteiger partial charge in [0.25, 0.3) is 0 Å². The molecule has 0 bridgehead atoms. The van der Waals surface area contributed by atoms with E-state index in [1.165, 1.54) is 23.2 Å². The molecule has 0 aliphatic carbocycles. The molecule has 0 atom stereocenters. The molecule has 0 spiro atoms. The standard InChI is InChI=1S/C16H27N3O/c1-18(10-11-20-3)9-7-17-13-14-4-5-16-15(12-14)6-8-19(16)2/h4-5,12,17H,6-11,13H2,1-3H3. The Morgan fingerprint density at radius 1 is 1.35 bits per heavy atom. The van der Waals surface area contributed by atoms with Crippen LogP contribution in [0.3, 0.4) is 0 Å². The predicted molar refractivity (Wildman–Crippen MR) is 84.5 cm³/mol. The fraction of sp³-hybridized carbons (Fsp3) is 0.625. The Kier molecular flexibility index (Phi) is 5.83. The highest BCUT2D eigenvalue weighted by atomic mass is 16.5. The molecule has 0 aromatic heterocycles. The van der Waals surface area contributed by atoms with E-state index in [9.17, 15) is 0 Å². The van der Waals surface area contributed by atoms with E-state index in [-0.39, 0.29) is 0 Å². The number of ether oxygens (including phenoxy) is 1. The summed E-state index contributed by atoms with van der Waals surface area (Å²) in [6, 6.07) is 6.84. The van der Waals surface area contributed by atoms with Crippen molar-refractivity contribution in [2.45, 2.75) is 13.0 Å². The zero-order valence-electron chi connectivity index (χ0n) is 13.0. The number of likely N-dealkylation sites (N-methyl/N-ethyl adjacent to an activating group) is 2. The van der Waals surface area contributed by atoms with Crippen LogP contribution in [0.15, 0.2) is 18.2 Å². The molecule has 1 aliphatic heterocycles. The smallest absolute Gasteiger partial charge is 0.0589 e. The molecule has 0 radical (unpaired) electrons. The molecule has 0 saturated heterocycles. The van der Waals surface area contributed by atoms with Crippen molar-refractivity contribution in [3.63, 3.8) is 0 Å². The molecular formula is C16H27N3O. The maximum absolute atomic E-state index is 5.07. The topological polar surface area (TPSA) is 27.7 Å². The summed E-state index contributed by atoms with van der Waals surface area (Å²) in [5.41, 5.74) is 4.27. The number of methoxy groups -OCH3 is 1. The quantitative estimate of drug-likeness (QED) is 0.726. The molecule has 0 unspecified atom stereocenters. The van der Waals surface area contributed by atoms with Crippen molar-refractivity contribution >= 4 is 5.69 Å². The van der Waals surface area contributed by atoms with E-state index in [1.54, 1.807) is 7.11 Å². The number of benzene rings is 1. The lowest BCUT2D eigenvalue weighted by molar-refractivity contribution is 0.161. The van der Waals surface area contributed by atoms with Crippen molar-refractivity contribution < 1.29 is 4.74 Å². The van der Waals surface area contributed by atoms with E-state index < -0.39 is 0 Å². The minimum absolute atomic E-state index is 0.800. The molecule has 2 rings (SSSR count). The van der Waals surface area contributed by atoms with Gasteiger partial charge in [-0.05, 0) is 30.7 Å². The summed E-state index contributed by atoms with van der Waals surface area (Å²) in [5, 5.41) is 3.52. The van der Waals surface area contributed by atoms with E-state index in [0.717, 1.165) is 39.3 Å². The monoisotopic (exact) mass is 277 g/mol. The van der Waals surface area contributed by atoms with Gasteiger partial charge in [0, 0.05) is 52.6 Å². The van der Waals surface area contributed by atoms with Crippen LogP contribution in [0.4, 0.5) is 5.69 Å². The van der Waals surface area contributed by atoms with E-state index >= 15 is 0 Å². The van der Waals surface area contributed by atoms with Gasteiger partial charge in [-0.1, -0.05) is 12.1 Å². The van der Waals surface area contributed by atoms with Crippen LogP contribution in [0.25, 0.3) is 0 Å². The Hall–Kier alpha value is -1.10. The molecule has 4 nitrogen and oxygen atoms in total. The molecule has 1 aromatic carbocycles. The first-order chi connectivity index (χ1) is 9.70. The second kappa shape index (κ2) is 7.62. The minimum atomic E-state index is 0.800. The molecule has 112 valence electrons. The van der Waals surface area contributed by atoms with Gasteiger partial charge in [-0.3, -0.25) is 0 Å². The second-order valence-corrected chi connectivity index (χ2v) is 5.61. The van der Waals surface area contributed by atoms with Crippen molar-refractivity contribution in [2.24, 2.45) is 0 Å². The number of rotatable bonds is 8. The molecule has 0 fully saturated rings. The Morgan fingerprint density at radius 3 is 3.00 bits per heavy atom. The van der Waals surface area contributed by atoms with Crippen LogP contribution in [-0.2, 0) is 17.7 Å². The maximum Gasteiger partial charge on any atom is 0.0589 e. The van der Waals surface area contributed by atoms with Gasteiger partial charge in [-0.15, -0.1) is 0 Å². The predicted octanol–water partition coefficient (Wildman–Crippen LogP) is 1.35. The highest BCUT2D eigenvalue weighted by Crippen LogP contribution is 2.27. The third-order valence-corrected chi connectivity index (χ3v) is 3.95. The Labute approximate surface area is 122 Å². The number of hydrogen-bond acceptors (Lipinski definition) is 4. The molecule has 1 heterocycles. The van der Waals surface area contributed by atoms with Crippen LogP contribution in [0, 0.1) is 0 Å². The fourth-order valence-electron chi connectivity index (χ4n) is 2.59. The van der Waals surface area contributed by atoms with Crippen LogP contribution < -0.4 is 10.2 Å². The lowest BCUT2D eigenvalue weighted by Gasteiger charge is -2.16. The summed E-state index contributed by atoms with van der Waals surface area (Å²) in [4.78, 5) is 4.62. The third kappa shape index (κ3) is 4.20. The van der Waals surface area contributed by atoms with Crippen molar-refractivity contribution in [3.8, 4) is 0 Å². The Balaban J connectivity index is 1.70. The van der Waals surface area contributed by atoms with Crippen molar-refractivity contribution in [1.82, 2.24) is 10.2 Å². The molecule has 1 aliphatic rings. The largest absolute Gasteiger partial charge is 0.383 e. The van der Waals surface area contributed by atoms with Crippen LogP contribution in [0.2, 0.25) is 0 Å². The second-order valence-electron chi connectivity index (χ2n) is 5.61. The third-order valence-electron chi connectivity index (χ3n) is 3.95. The fourth-order valence-corrected chi connectivity index (χ4v) is 2.59. The molecule has 0 amide bonds. The Morgan fingerprint density at radius 2 is 2.20 bits per heavy atom. The summed E-state index contributed by atoms with van der Waals surface area (Å²) in [5.74, 6) is 0. The van der Waals surface area contributed by atoms with Crippen LogP contribution in [0.1, 0.15) is 11.1 Å². The van der Waals surface area contributed by atoms with Crippen molar-refractivity contribution in [1.29, 1.82) is 0 Å². The first-order valence-electron chi connectivity index (χ1n) is 7.42. The summed E-state index contributed by atoms with van der Waals surface area (Å²) in [6.07, 6.45) is 1.18. The van der Waals surface area contributed by atoms with E-state index in [2.05, 4.69) is 47.4 Å². The minimum Gasteiger partial charge on any atom is -0.383 e. The molecule has 1 N–H and O–H groups in total. The SMILES string of the molecule is COCCN(C)CCNCc1ccc2c(c1)CCN2C. The number of hydrogen-bond donors (Lipinski definition) is 1. The first kappa shape index (κ1) is 15.3. The van der Waals surface area contributed by atoms with E-state index in [4.69, 9.17) is 4.74 Å². The van der Waals surface area contributed by atoms with Gasteiger partial charge in [0.1, 0.15) is 0 Å². The molecule has 4 heteroatoms. The summed E-state index contributed by atoms with van der Waals surface area (Å²) >= 11 is 0. The van der Waals surface area contributed by atoms with Gasteiger partial charge >= 0.3 is 0 Å². The molecule has 0 saturated carbocycles. The van der Waals surface area contributed by atoms with Gasteiger partial charge in [-0.25, -0.2) is 0 Å². The number of nitrogens with one attached hydrogen (secondary N) is 1. The van der Waals surface area contributed by atoms with Crippen molar-refractivity contribution in [3.05, 3.63) is 29.3 Å². The normalized spacial score (nSPS) is 14.1. The van der Waals surface area contributed by atoms with E-state index in [0.29, 0.717) is 0 Å². The van der Waals surface area contributed by atoms with E-state index in [1.807, 2.05) is 0 Å². The zero-order chi connectivity index (χ0) is 14.4. The average Bonchev–Trinajstić information content (AvgIpc) is 2.82. The number of anilines is 1. The summed E-state index contributed by atoms with van der Waals surface area (Å²) in [6.45, 7) is 5.96. The van der Waals surface area contributed by atoms with Gasteiger partial charge in [0.15, 0.2) is 0 Å². The molecular weight excluding hydrogens is 250 g/mol. The highest BCUT2D eigenvalue weighted by Gasteiger charge is 2.15. The van der Waals surface area contributed by atoms with Gasteiger partial charge in [-0.2, -0.15) is 0 Å². The van der Waals surface area contributed by atoms with Gasteiger partial charge in [0.2, 0.25) is 0 Å².